The van der Waals surface area contributed by atoms with Crippen LogP contribution in [0, 0.1) is 0 Å². The lowest BCUT2D eigenvalue weighted by atomic mass is 10.1. The summed E-state index contributed by atoms with van der Waals surface area (Å²) in [6, 6.07) is 15.8. The van der Waals surface area contributed by atoms with Gasteiger partial charge in [0.05, 0.1) is 0 Å². The van der Waals surface area contributed by atoms with Crippen molar-refractivity contribution >= 4 is 17.5 Å². The van der Waals surface area contributed by atoms with Gasteiger partial charge in [0.1, 0.15) is 0 Å². The van der Waals surface area contributed by atoms with E-state index in [1.165, 1.54) is 0 Å². The van der Waals surface area contributed by atoms with Crippen LogP contribution in [-0.4, -0.2) is 29.3 Å². The molecule has 0 unspecified atom stereocenters. The zero-order chi connectivity index (χ0) is 18.0. The first-order valence-corrected chi connectivity index (χ1v) is 8.73. The highest BCUT2D eigenvalue weighted by molar-refractivity contribution is 5.98. The van der Waals surface area contributed by atoms with Gasteiger partial charge in [-0.25, -0.2) is 0 Å². The molecule has 0 radical (unpaired) electrons. The monoisotopic (exact) mass is 336 g/mol. The number of fused-ring (bicyclic) bond motifs is 1. The van der Waals surface area contributed by atoms with Crippen LogP contribution in [0.3, 0.4) is 0 Å². The summed E-state index contributed by atoms with van der Waals surface area (Å²) in [6.07, 6.45) is 0.802. The Morgan fingerprint density at radius 1 is 1.12 bits per heavy atom. The van der Waals surface area contributed by atoms with E-state index in [9.17, 15) is 9.59 Å². The summed E-state index contributed by atoms with van der Waals surface area (Å²) in [5, 5.41) is 0. The van der Waals surface area contributed by atoms with E-state index in [0.717, 1.165) is 23.2 Å². The second-order valence-corrected chi connectivity index (χ2v) is 6.78. The van der Waals surface area contributed by atoms with Crippen LogP contribution in [0.4, 0.5) is 5.69 Å². The molecule has 0 fully saturated rings. The molecule has 0 saturated carbocycles. The molecule has 0 atom stereocenters. The van der Waals surface area contributed by atoms with E-state index in [2.05, 4.69) is 0 Å². The van der Waals surface area contributed by atoms with Crippen LogP contribution in [-0.2, 0) is 17.8 Å². The highest BCUT2D eigenvalue weighted by Gasteiger charge is 2.25. The van der Waals surface area contributed by atoms with E-state index < -0.39 is 0 Å². The molecule has 1 aliphatic heterocycles. The lowest BCUT2D eigenvalue weighted by molar-refractivity contribution is -0.116. The average Bonchev–Trinajstić information content (AvgIpc) is 3.03. The smallest absolute Gasteiger partial charge is 0.254 e. The maximum Gasteiger partial charge on any atom is 0.254 e. The van der Waals surface area contributed by atoms with Gasteiger partial charge in [-0.2, -0.15) is 0 Å². The Morgan fingerprint density at radius 3 is 2.48 bits per heavy atom. The van der Waals surface area contributed by atoms with Crippen molar-refractivity contribution in [1.29, 1.82) is 0 Å². The zero-order valence-corrected chi connectivity index (χ0v) is 15.0. The van der Waals surface area contributed by atoms with Crippen molar-refractivity contribution in [2.45, 2.75) is 39.8 Å². The summed E-state index contributed by atoms with van der Waals surface area (Å²) in [4.78, 5) is 28.4. The van der Waals surface area contributed by atoms with E-state index in [1.807, 2.05) is 67.3 Å². The molecule has 4 heteroatoms. The Hall–Kier alpha value is -2.62. The summed E-state index contributed by atoms with van der Waals surface area (Å²) in [7, 11) is 0. The number of hydrogen-bond donors (Lipinski definition) is 0. The maximum absolute atomic E-state index is 13.1. The fourth-order valence-corrected chi connectivity index (χ4v) is 3.30. The van der Waals surface area contributed by atoms with Gasteiger partial charge in [0, 0.05) is 37.3 Å². The molecule has 2 aromatic carbocycles. The van der Waals surface area contributed by atoms with Crippen molar-refractivity contribution in [2.75, 3.05) is 11.4 Å². The molecule has 1 heterocycles. The standard InChI is InChI=1S/C21H24N2O2/c1-15(2)23(14-17-7-5-4-6-8-17)21(25)19-9-10-20-18(13-19)11-12-22(20)16(3)24/h4-10,13,15H,11-12,14H2,1-3H3. The minimum atomic E-state index is 0.0305. The van der Waals surface area contributed by atoms with Gasteiger partial charge in [0.2, 0.25) is 5.91 Å². The summed E-state index contributed by atoms with van der Waals surface area (Å²) < 4.78 is 0. The van der Waals surface area contributed by atoms with Crippen LogP contribution >= 0.6 is 0 Å². The molecule has 0 saturated heterocycles. The second kappa shape index (κ2) is 7.09. The average molecular weight is 336 g/mol. The minimum Gasteiger partial charge on any atom is -0.332 e. The Labute approximate surface area is 149 Å². The Balaban J connectivity index is 1.85. The number of benzene rings is 2. The summed E-state index contributed by atoms with van der Waals surface area (Å²) in [5.74, 6) is 0.0774. The van der Waals surface area contributed by atoms with Gasteiger partial charge in [0.15, 0.2) is 0 Å². The van der Waals surface area contributed by atoms with Crippen LogP contribution in [0.15, 0.2) is 48.5 Å². The number of amides is 2. The van der Waals surface area contributed by atoms with Crippen LogP contribution in [0.2, 0.25) is 0 Å². The lowest BCUT2D eigenvalue weighted by Gasteiger charge is -2.27. The number of nitrogens with zero attached hydrogens (tertiary/aromatic N) is 2. The molecule has 1 aliphatic rings. The van der Waals surface area contributed by atoms with Gasteiger partial charge in [-0.1, -0.05) is 30.3 Å². The Morgan fingerprint density at radius 2 is 1.84 bits per heavy atom. The quantitative estimate of drug-likeness (QED) is 0.855. The number of hydrogen-bond acceptors (Lipinski definition) is 2. The lowest BCUT2D eigenvalue weighted by Crippen LogP contribution is -2.36. The Bertz CT molecular complexity index is 784. The highest BCUT2D eigenvalue weighted by atomic mass is 16.2. The predicted octanol–water partition coefficient (Wildman–Crippen LogP) is 3.65. The number of anilines is 1. The van der Waals surface area contributed by atoms with E-state index in [1.54, 1.807) is 11.8 Å². The van der Waals surface area contributed by atoms with Gasteiger partial charge in [-0.15, -0.1) is 0 Å². The van der Waals surface area contributed by atoms with E-state index in [-0.39, 0.29) is 17.9 Å². The third-order valence-electron chi connectivity index (χ3n) is 4.68. The SMILES string of the molecule is CC(=O)N1CCc2cc(C(=O)N(Cc3ccccc3)C(C)C)ccc21. The first-order valence-electron chi connectivity index (χ1n) is 8.73. The zero-order valence-electron chi connectivity index (χ0n) is 15.0. The van der Waals surface area contributed by atoms with Crippen molar-refractivity contribution in [1.82, 2.24) is 4.90 Å². The second-order valence-electron chi connectivity index (χ2n) is 6.78. The third kappa shape index (κ3) is 3.58. The van der Waals surface area contributed by atoms with Crippen molar-refractivity contribution in [3.63, 3.8) is 0 Å². The third-order valence-corrected chi connectivity index (χ3v) is 4.68. The molecule has 0 bridgehead atoms. The molecule has 0 N–H and O–H groups in total. The van der Waals surface area contributed by atoms with Crippen molar-refractivity contribution in [2.24, 2.45) is 0 Å². The predicted molar refractivity (Wildman–Crippen MR) is 99.6 cm³/mol. The molecular weight excluding hydrogens is 312 g/mol. The van der Waals surface area contributed by atoms with Crippen LogP contribution in [0.25, 0.3) is 0 Å². The minimum absolute atomic E-state index is 0.0305. The Kier molecular flexibility index (Phi) is 4.88. The van der Waals surface area contributed by atoms with Crippen LogP contribution in [0.5, 0.6) is 0 Å². The van der Waals surface area contributed by atoms with Crippen molar-refractivity contribution in [3.05, 3.63) is 65.2 Å². The summed E-state index contributed by atoms with van der Waals surface area (Å²) in [6.45, 7) is 6.93. The van der Waals surface area contributed by atoms with E-state index in [0.29, 0.717) is 18.7 Å². The van der Waals surface area contributed by atoms with Gasteiger partial charge in [-0.3, -0.25) is 9.59 Å². The normalized spacial score (nSPS) is 13.0. The number of carbonyl (C=O) groups excluding carboxylic acids is 2. The number of carbonyl (C=O) groups is 2. The van der Waals surface area contributed by atoms with Gasteiger partial charge in [-0.05, 0) is 49.6 Å². The topological polar surface area (TPSA) is 40.6 Å². The van der Waals surface area contributed by atoms with Crippen molar-refractivity contribution < 1.29 is 9.59 Å². The molecule has 0 spiro atoms. The first-order chi connectivity index (χ1) is 12.0. The molecule has 2 aromatic rings. The highest BCUT2D eigenvalue weighted by Crippen LogP contribution is 2.29. The first kappa shape index (κ1) is 17.2. The van der Waals surface area contributed by atoms with Crippen LogP contribution in [0.1, 0.15) is 42.3 Å². The molecule has 130 valence electrons. The van der Waals surface area contributed by atoms with Gasteiger partial charge in [0.25, 0.3) is 5.91 Å². The molecule has 0 aliphatic carbocycles. The van der Waals surface area contributed by atoms with E-state index in [4.69, 9.17) is 0 Å². The summed E-state index contributed by atoms with van der Waals surface area (Å²) in [5.41, 5.74) is 3.81. The largest absolute Gasteiger partial charge is 0.332 e. The molecular formula is C21H24N2O2. The van der Waals surface area contributed by atoms with Gasteiger partial charge < -0.3 is 9.80 Å². The van der Waals surface area contributed by atoms with Crippen LogP contribution < -0.4 is 4.90 Å². The maximum atomic E-state index is 13.1. The molecule has 4 nitrogen and oxygen atoms in total. The van der Waals surface area contributed by atoms with E-state index >= 15 is 0 Å². The molecule has 0 aromatic heterocycles. The number of rotatable bonds is 4. The van der Waals surface area contributed by atoms with Crippen molar-refractivity contribution in [3.8, 4) is 0 Å². The summed E-state index contributed by atoms with van der Waals surface area (Å²) >= 11 is 0. The molecule has 2 amide bonds. The molecule has 3 rings (SSSR count). The fourth-order valence-electron chi connectivity index (χ4n) is 3.30. The fraction of sp³-hybridized carbons (Fsp3) is 0.333. The molecule has 25 heavy (non-hydrogen) atoms. The van der Waals surface area contributed by atoms with Gasteiger partial charge >= 0.3 is 0 Å².